The van der Waals surface area contributed by atoms with Gasteiger partial charge in [-0.15, -0.1) is 0 Å². The molecule has 4 heteroatoms. The van der Waals surface area contributed by atoms with Crippen LogP contribution in [-0.4, -0.2) is 0 Å². The van der Waals surface area contributed by atoms with Gasteiger partial charge in [0.05, 0.1) is 17.2 Å². The van der Waals surface area contributed by atoms with Crippen LogP contribution in [0.25, 0.3) is 11.1 Å². The zero-order chi connectivity index (χ0) is 15.6. The Hall–Kier alpha value is -2.28. The van der Waals surface area contributed by atoms with E-state index in [1.807, 2.05) is 32.0 Å². The lowest BCUT2D eigenvalue weighted by Crippen LogP contribution is -2.05. The topological polar surface area (TPSA) is 23.8 Å². The fourth-order valence-electron chi connectivity index (χ4n) is 2.12. The smallest absolute Gasteiger partial charge is 0.192 e. The summed E-state index contributed by atoms with van der Waals surface area (Å²) in [5, 5.41) is 9.12. The van der Waals surface area contributed by atoms with Crippen LogP contribution < -0.4 is 0 Å². The molecule has 0 aliphatic carbocycles. The van der Waals surface area contributed by atoms with Gasteiger partial charge in [0.1, 0.15) is 0 Å². The molecular weight excluding hydrogens is 275 g/mol. The predicted octanol–water partition coefficient (Wildman–Crippen LogP) is 5.37. The third kappa shape index (κ3) is 3.25. The summed E-state index contributed by atoms with van der Waals surface area (Å²) in [6.45, 7) is 4.02. The largest absolute Gasteiger partial charge is 0.416 e. The minimum Gasteiger partial charge on any atom is -0.192 e. The molecule has 0 atom stereocenters. The highest BCUT2D eigenvalue weighted by Crippen LogP contribution is 2.34. The quantitative estimate of drug-likeness (QED) is 0.729. The summed E-state index contributed by atoms with van der Waals surface area (Å²) in [5.41, 5.74) is 1.46. The van der Waals surface area contributed by atoms with Crippen LogP contribution in [0.2, 0.25) is 0 Å². The van der Waals surface area contributed by atoms with Crippen LogP contribution in [0.15, 0.2) is 42.5 Å². The Morgan fingerprint density at radius 3 is 2.33 bits per heavy atom. The second-order valence-electron chi connectivity index (χ2n) is 5.15. The summed E-state index contributed by atoms with van der Waals surface area (Å²) < 4.78 is 38.5. The molecule has 0 spiro atoms. The number of hydrogen-bond donors (Lipinski definition) is 0. The van der Waals surface area contributed by atoms with Crippen molar-refractivity contribution in [3.8, 4) is 17.2 Å². The molecule has 0 saturated heterocycles. The summed E-state index contributed by atoms with van der Waals surface area (Å²) in [5.74, 6) is 0.265. The third-order valence-electron chi connectivity index (χ3n) is 3.33. The number of benzene rings is 2. The van der Waals surface area contributed by atoms with E-state index in [2.05, 4.69) is 0 Å². The minimum atomic E-state index is -4.42. The number of rotatable bonds is 2. The van der Waals surface area contributed by atoms with Gasteiger partial charge in [-0.3, -0.25) is 0 Å². The molecule has 1 nitrogen and oxygen atoms in total. The van der Waals surface area contributed by atoms with Gasteiger partial charge in [-0.1, -0.05) is 38.1 Å². The van der Waals surface area contributed by atoms with E-state index in [0.717, 1.165) is 17.7 Å². The maximum atomic E-state index is 12.8. The molecule has 0 heterocycles. The molecule has 2 aromatic rings. The van der Waals surface area contributed by atoms with Gasteiger partial charge in [0.2, 0.25) is 0 Å². The lowest BCUT2D eigenvalue weighted by Gasteiger charge is -2.12. The fourth-order valence-corrected chi connectivity index (χ4v) is 2.12. The second kappa shape index (κ2) is 5.61. The highest BCUT2D eigenvalue weighted by molar-refractivity contribution is 5.72. The molecule has 0 N–H and O–H groups in total. The molecule has 2 aromatic carbocycles. The maximum Gasteiger partial charge on any atom is 0.416 e. The van der Waals surface area contributed by atoms with Crippen LogP contribution in [0.4, 0.5) is 13.2 Å². The van der Waals surface area contributed by atoms with Gasteiger partial charge in [0.25, 0.3) is 0 Å². The van der Waals surface area contributed by atoms with Gasteiger partial charge in [-0.2, -0.15) is 18.4 Å². The lowest BCUT2D eigenvalue weighted by atomic mass is 9.94. The van der Waals surface area contributed by atoms with Crippen LogP contribution in [-0.2, 0) is 6.18 Å². The molecule has 0 aromatic heterocycles. The first-order valence-corrected chi connectivity index (χ1v) is 6.54. The van der Waals surface area contributed by atoms with Crippen molar-refractivity contribution in [2.45, 2.75) is 25.9 Å². The van der Waals surface area contributed by atoms with Gasteiger partial charge >= 0.3 is 6.18 Å². The van der Waals surface area contributed by atoms with Crippen LogP contribution >= 0.6 is 0 Å². The zero-order valence-electron chi connectivity index (χ0n) is 11.7. The van der Waals surface area contributed by atoms with E-state index in [1.54, 1.807) is 12.1 Å². The van der Waals surface area contributed by atoms with Crippen molar-refractivity contribution in [2.24, 2.45) is 0 Å². The number of alkyl halides is 3. The number of halogens is 3. The standard InChI is InChI=1S/C17H14F3N/c1-11(2)12-4-3-5-13(8-12)16-9-15(17(18,19)20)7-6-14(16)10-21/h3-9,11H,1-2H3. The van der Waals surface area contributed by atoms with Crippen molar-refractivity contribution in [3.05, 3.63) is 59.2 Å². The fraction of sp³-hybridized carbons (Fsp3) is 0.235. The second-order valence-corrected chi connectivity index (χ2v) is 5.15. The Balaban J connectivity index is 2.62. The van der Waals surface area contributed by atoms with Gasteiger partial charge in [0.15, 0.2) is 0 Å². The first kappa shape index (κ1) is 15.1. The molecule has 2 rings (SSSR count). The SMILES string of the molecule is CC(C)c1cccc(-c2cc(C(F)(F)F)ccc2C#N)c1. The van der Waals surface area contributed by atoms with Gasteiger partial charge in [-0.05, 0) is 35.2 Å². The summed E-state index contributed by atoms with van der Waals surface area (Å²) in [7, 11) is 0. The van der Waals surface area contributed by atoms with E-state index in [1.165, 1.54) is 6.07 Å². The van der Waals surface area contributed by atoms with Crippen molar-refractivity contribution < 1.29 is 13.2 Å². The van der Waals surface area contributed by atoms with Crippen LogP contribution in [0.3, 0.4) is 0 Å². The molecule has 0 unspecified atom stereocenters. The van der Waals surface area contributed by atoms with Crippen LogP contribution in [0.1, 0.15) is 36.5 Å². The van der Waals surface area contributed by atoms with E-state index in [4.69, 9.17) is 5.26 Å². The highest BCUT2D eigenvalue weighted by Gasteiger charge is 2.31. The Morgan fingerprint density at radius 1 is 1.05 bits per heavy atom. The Kier molecular flexibility index (Phi) is 4.04. The van der Waals surface area contributed by atoms with E-state index >= 15 is 0 Å². The summed E-state index contributed by atoms with van der Waals surface area (Å²) >= 11 is 0. The number of nitriles is 1. The summed E-state index contributed by atoms with van der Waals surface area (Å²) in [6.07, 6.45) is -4.42. The average Bonchev–Trinajstić information content (AvgIpc) is 2.45. The van der Waals surface area contributed by atoms with E-state index in [-0.39, 0.29) is 11.5 Å². The van der Waals surface area contributed by atoms with Crippen molar-refractivity contribution in [3.63, 3.8) is 0 Å². The first-order valence-electron chi connectivity index (χ1n) is 6.54. The monoisotopic (exact) mass is 289 g/mol. The normalized spacial score (nSPS) is 11.5. The average molecular weight is 289 g/mol. The Labute approximate surface area is 121 Å². The molecule has 0 amide bonds. The number of nitrogens with zero attached hydrogens (tertiary/aromatic N) is 1. The molecule has 21 heavy (non-hydrogen) atoms. The highest BCUT2D eigenvalue weighted by atomic mass is 19.4. The third-order valence-corrected chi connectivity index (χ3v) is 3.33. The number of hydrogen-bond acceptors (Lipinski definition) is 1. The van der Waals surface area contributed by atoms with Crippen LogP contribution in [0.5, 0.6) is 0 Å². The first-order chi connectivity index (χ1) is 9.82. The minimum absolute atomic E-state index is 0.240. The molecule has 0 saturated carbocycles. The molecule has 0 aliphatic heterocycles. The van der Waals surface area contributed by atoms with E-state index in [0.29, 0.717) is 11.1 Å². The van der Waals surface area contributed by atoms with Gasteiger partial charge in [-0.25, -0.2) is 0 Å². The maximum absolute atomic E-state index is 12.8. The van der Waals surface area contributed by atoms with Crippen LogP contribution in [0, 0.1) is 11.3 Å². The van der Waals surface area contributed by atoms with E-state index < -0.39 is 11.7 Å². The van der Waals surface area contributed by atoms with Gasteiger partial charge < -0.3 is 0 Å². The molecule has 0 aliphatic rings. The molecule has 0 radical (unpaired) electrons. The predicted molar refractivity (Wildman–Crippen MR) is 75.7 cm³/mol. The summed E-state index contributed by atoms with van der Waals surface area (Å²) in [4.78, 5) is 0. The summed E-state index contributed by atoms with van der Waals surface area (Å²) in [6, 6.07) is 12.4. The molecule has 0 fully saturated rings. The van der Waals surface area contributed by atoms with Crippen molar-refractivity contribution in [1.29, 1.82) is 5.26 Å². The lowest BCUT2D eigenvalue weighted by molar-refractivity contribution is -0.137. The Bertz CT molecular complexity index is 694. The Morgan fingerprint density at radius 2 is 1.76 bits per heavy atom. The molecular formula is C17H14F3N. The molecule has 108 valence electrons. The molecule has 0 bridgehead atoms. The van der Waals surface area contributed by atoms with E-state index in [9.17, 15) is 13.2 Å². The van der Waals surface area contributed by atoms with Crippen molar-refractivity contribution in [2.75, 3.05) is 0 Å². The van der Waals surface area contributed by atoms with Crippen molar-refractivity contribution in [1.82, 2.24) is 0 Å². The zero-order valence-corrected chi connectivity index (χ0v) is 11.7. The van der Waals surface area contributed by atoms with Gasteiger partial charge in [0, 0.05) is 5.56 Å². The van der Waals surface area contributed by atoms with Crippen molar-refractivity contribution >= 4 is 0 Å².